The Labute approximate surface area is 175 Å². The van der Waals surface area contributed by atoms with E-state index in [2.05, 4.69) is 34.2 Å². The minimum absolute atomic E-state index is 0. The van der Waals surface area contributed by atoms with Crippen LogP contribution < -0.4 is 51.4 Å². The largest absolute Gasteiger partial charge is 1.00 e. The van der Waals surface area contributed by atoms with Crippen LogP contribution in [0.5, 0.6) is 0 Å². The van der Waals surface area contributed by atoms with Crippen molar-refractivity contribution in [2.24, 2.45) is 0 Å². The van der Waals surface area contributed by atoms with E-state index in [-0.39, 0.29) is 75.4 Å². The second-order valence-corrected chi connectivity index (χ2v) is 3.22. The van der Waals surface area contributed by atoms with Crippen LogP contribution in [0.25, 0.3) is 21.8 Å². The van der Waals surface area contributed by atoms with Crippen molar-refractivity contribution >= 4 is 21.8 Å². The maximum atomic E-state index is 6.00. The number of hydrogen-bond donors (Lipinski definition) is 4. The van der Waals surface area contributed by atoms with Gasteiger partial charge in [0.25, 0.3) is 0 Å². The van der Waals surface area contributed by atoms with Crippen LogP contribution in [0.4, 0.5) is 0 Å². The molecule has 0 fully saturated rings. The average Bonchev–Trinajstić information content (AvgIpc) is 2.51. The summed E-state index contributed by atoms with van der Waals surface area (Å²) in [6, 6.07) is 12.1. The summed E-state index contributed by atoms with van der Waals surface area (Å²) in [5.74, 6) is 0. The van der Waals surface area contributed by atoms with Gasteiger partial charge in [-0.05, 0) is 12.1 Å². The van der Waals surface area contributed by atoms with Crippen molar-refractivity contribution in [1.29, 1.82) is 0 Å². The normalized spacial score (nSPS) is 7.81. The van der Waals surface area contributed by atoms with E-state index in [4.69, 9.17) is 21.0 Å². The number of fused-ring (bicyclic) bond motifs is 3. The molecule has 0 aliphatic carbocycles. The molecule has 0 aliphatic rings. The summed E-state index contributed by atoms with van der Waals surface area (Å²) >= 11 is 0. The van der Waals surface area contributed by atoms with E-state index in [1.165, 1.54) is 0 Å². The van der Waals surface area contributed by atoms with Gasteiger partial charge in [0.05, 0.1) is 11.0 Å². The second kappa shape index (κ2) is 15.0. The van der Waals surface area contributed by atoms with E-state index in [0.717, 1.165) is 21.8 Å². The van der Waals surface area contributed by atoms with Crippen molar-refractivity contribution in [3.8, 4) is 0 Å². The Morgan fingerprint density at radius 3 is 1.33 bits per heavy atom. The van der Waals surface area contributed by atoms with E-state index in [9.17, 15) is 0 Å². The van der Waals surface area contributed by atoms with Crippen LogP contribution in [-0.4, -0.2) is 36.5 Å². The standard InChI is InChI=1S/C12H8N2.K.2H2O2.H2O.V/c1-3-9-5-6-10-4-2-8-14-12(10)11(9)13-7-1;;2*1-2;;/h1-8H;;2*1-2H;1H2;/q;+1;;;;/p-1. The van der Waals surface area contributed by atoms with Crippen LogP contribution in [-0.2, 0) is 18.6 Å². The molecule has 9 heteroatoms. The molecule has 2 heterocycles. The molecule has 0 atom stereocenters. The molecule has 0 bridgehead atoms. The van der Waals surface area contributed by atoms with Crippen molar-refractivity contribution < 1.29 is 96.4 Å². The van der Waals surface area contributed by atoms with E-state index in [1.807, 2.05) is 12.1 Å². The molecule has 3 rings (SSSR count). The van der Waals surface area contributed by atoms with Gasteiger partial charge >= 0.3 is 51.4 Å². The number of nitrogens with zero attached hydrogens (tertiary/aromatic N) is 2. The number of benzene rings is 1. The topological polar surface area (TPSA) is 137 Å². The van der Waals surface area contributed by atoms with Crippen molar-refractivity contribution in [3.05, 3.63) is 48.8 Å². The summed E-state index contributed by atoms with van der Waals surface area (Å²) in [6.07, 6.45) is 3.60. The Kier molecular flexibility index (Phi) is 18.5. The molecular formula is C12H13KN2O5V. The molecule has 0 saturated carbocycles. The first-order valence-corrected chi connectivity index (χ1v) is 4.93. The first-order valence-electron chi connectivity index (χ1n) is 4.93. The van der Waals surface area contributed by atoms with E-state index in [0.29, 0.717) is 0 Å². The van der Waals surface area contributed by atoms with E-state index in [1.54, 1.807) is 12.4 Å². The number of hydrogen-bond acceptors (Lipinski definition) is 7. The van der Waals surface area contributed by atoms with Gasteiger partial charge < -0.3 is 5.48 Å². The van der Waals surface area contributed by atoms with Gasteiger partial charge in [0.2, 0.25) is 0 Å². The van der Waals surface area contributed by atoms with Gasteiger partial charge in [-0.15, -0.1) is 0 Å². The van der Waals surface area contributed by atoms with Crippen LogP contribution in [0, 0.1) is 0 Å². The summed E-state index contributed by atoms with van der Waals surface area (Å²) in [4.78, 5) is 8.69. The molecule has 0 unspecified atom stereocenters. The van der Waals surface area contributed by atoms with Crippen LogP contribution in [0.3, 0.4) is 0 Å². The molecule has 107 valence electrons. The van der Waals surface area contributed by atoms with Crippen LogP contribution in [0.2, 0.25) is 0 Å². The van der Waals surface area contributed by atoms with Gasteiger partial charge in [0.1, 0.15) is 0 Å². The molecule has 21 heavy (non-hydrogen) atoms. The van der Waals surface area contributed by atoms with Crippen LogP contribution in [0.1, 0.15) is 0 Å². The van der Waals surface area contributed by atoms with Gasteiger partial charge in [0, 0.05) is 41.7 Å². The molecule has 1 radical (unpaired) electrons. The average molecular weight is 355 g/mol. The summed E-state index contributed by atoms with van der Waals surface area (Å²) in [5.41, 5.74) is 1.95. The van der Waals surface area contributed by atoms with Crippen molar-refractivity contribution in [2.75, 3.05) is 0 Å². The number of aromatic nitrogens is 2. The Balaban J connectivity index is -0.000000430. The maximum Gasteiger partial charge on any atom is 1.00 e. The zero-order valence-corrected chi connectivity index (χ0v) is 15.7. The fraction of sp³-hybridized carbons (Fsp3) is 0. The fourth-order valence-electron chi connectivity index (χ4n) is 1.68. The van der Waals surface area contributed by atoms with E-state index < -0.39 is 0 Å². The number of pyridine rings is 2. The smallest absolute Gasteiger partial charge is 0.870 e. The summed E-state index contributed by atoms with van der Waals surface area (Å²) < 4.78 is 0. The zero-order chi connectivity index (χ0) is 13.4. The van der Waals surface area contributed by atoms with Gasteiger partial charge in [-0.25, -0.2) is 0 Å². The van der Waals surface area contributed by atoms with Gasteiger partial charge in [-0.2, -0.15) is 0 Å². The molecule has 0 amide bonds. The monoisotopic (exact) mass is 355 g/mol. The molecule has 0 aliphatic heterocycles. The van der Waals surface area contributed by atoms with Crippen molar-refractivity contribution in [3.63, 3.8) is 0 Å². The Bertz CT molecular complexity index is 575. The Hall–Kier alpha value is 0.0608. The third-order valence-electron chi connectivity index (χ3n) is 2.34. The molecular weight excluding hydrogens is 342 g/mol. The van der Waals surface area contributed by atoms with Crippen molar-refractivity contribution in [2.45, 2.75) is 0 Å². The third kappa shape index (κ3) is 6.78. The molecule has 7 nitrogen and oxygen atoms in total. The minimum Gasteiger partial charge on any atom is -0.870 e. The fourth-order valence-corrected chi connectivity index (χ4v) is 1.68. The molecule has 3 aromatic rings. The predicted octanol–water partition coefficient (Wildman–Crippen LogP) is -0.357. The van der Waals surface area contributed by atoms with Gasteiger partial charge in [-0.1, -0.05) is 24.3 Å². The molecule has 0 spiro atoms. The van der Waals surface area contributed by atoms with Gasteiger partial charge in [0.15, 0.2) is 0 Å². The SMILES string of the molecule is OO.OO.[K+].[OH-].[V].c1cnc2c(c1)ccc1cccnc12. The molecule has 5 N–H and O–H groups in total. The maximum absolute atomic E-state index is 6.00. The van der Waals surface area contributed by atoms with Crippen LogP contribution >= 0.6 is 0 Å². The van der Waals surface area contributed by atoms with E-state index >= 15 is 0 Å². The van der Waals surface area contributed by atoms with Crippen molar-refractivity contribution in [1.82, 2.24) is 9.97 Å². The number of rotatable bonds is 0. The second-order valence-electron chi connectivity index (χ2n) is 3.22. The summed E-state index contributed by atoms with van der Waals surface area (Å²) in [5, 5.41) is 26.3. The molecule has 2 aromatic heterocycles. The van der Waals surface area contributed by atoms with Gasteiger partial charge in [-0.3, -0.25) is 31.0 Å². The Morgan fingerprint density at radius 1 is 0.667 bits per heavy atom. The Morgan fingerprint density at radius 2 is 1.00 bits per heavy atom. The zero-order valence-electron chi connectivity index (χ0n) is 11.2. The first-order chi connectivity index (χ1) is 8.95. The summed E-state index contributed by atoms with van der Waals surface area (Å²) in [6.45, 7) is 0. The first kappa shape index (κ1) is 26.0. The minimum atomic E-state index is 0. The molecule has 1 aromatic carbocycles. The quantitative estimate of drug-likeness (QED) is 0.187. The predicted molar refractivity (Wildman–Crippen MR) is 69.5 cm³/mol. The third-order valence-corrected chi connectivity index (χ3v) is 2.34. The summed E-state index contributed by atoms with van der Waals surface area (Å²) in [7, 11) is 0. The van der Waals surface area contributed by atoms with Crippen LogP contribution in [0.15, 0.2) is 48.8 Å². The molecule has 0 saturated heterocycles.